The van der Waals surface area contributed by atoms with E-state index in [0.717, 1.165) is 9.80 Å². The summed E-state index contributed by atoms with van der Waals surface area (Å²) in [6.07, 6.45) is -12.6. The Morgan fingerprint density at radius 1 is 0.900 bits per heavy atom. The summed E-state index contributed by atoms with van der Waals surface area (Å²) in [7, 11) is 1.36. The maximum absolute atomic E-state index is 14.4. The number of carbonyl (C=O) groups excluding carboxylic acids is 1. The molecule has 1 fully saturated rings. The minimum Gasteiger partial charge on any atom is -0.480 e. The Kier molecular flexibility index (Phi) is 10.7. The number of hydrogen-bond acceptors (Lipinski definition) is 5. The Bertz CT molecular complexity index is 1860. The molecule has 5 rings (SSSR count). The van der Waals surface area contributed by atoms with Crippen LogP contribution in [0.5, 0.6) is 0 Å². The second-order valence-electron chi connectivity index (χ2n) is 12.6. The molecule has 0 spiro atoms. The molecule has 0 unspecified atom stereocenters. The highest BCUT2D eigenvalue weighted by atomic mass is 19.4. The van der Waals surface area contributed by atoms with Gasteiger partial charge in [0.25, 0.3) is 6.43 Å². The van der Waals surface area contributed by atoms with Gasteiger partial charge in [0, 0.05) is 30.1 Å². The van der Waals surface area contributed by atoms with E-state index in [9.17, 15) is 49.8 Å². The third kappa shape index (κ3) is 7.99. The van der Waals surface area contributed by atoms with Crippen LogP contribution < -0.4 is 5.32 Å². The molecule has 4 aromatic rings. The molecule has 7 nitrogen and oxygen atoms in total. The van der Waals surface area contributed by atoms with E-state index >= 15 is 0 Å². The van der Waals surface area contributed by atoms with Gasteiger partial charge in [-0.3, -0.25) is 19.6 Å². The zero-order valence-electron chi connectivity index (χ0n) is 26.8. The van der Waals surface area contributed by atoms with E-state index in [2.05, 4.69) is 10.3 Å². The molecule has 2 N–H and O–H groups in total. The van der Waals surface area contributed by atoms with Crippen LogP contribution in [-0.4, -0.2) is 89.8 Å². The number of alkyl halides is 8. The molecule has 50 heavy (non-hydrogen) atoms. The normalized spacial score (nSPS) is 16.3. The molecule has 268 valence electrons. The molecule has 0 radical (unpaired) electrons. The number of carbonyl (C=O) groups is 2. The van der Waals surface area contributed by atoms with Crippen molar-refractivity contribution in [2.45, 2.75) is 50.6 Å². The van der Waals surface area contributed by atoms with Crippen LogP contribution in [0.4, 0.5) is 35.1 Å². The smallest absolute Gasteiger partial charge is 0.403 e. The van der Waals surface area contributed by atoms with Gasteiger partial charge in [0.05, 0.1) is 18.8 Å². The number of rotatable bonds is 11. The monoisotopic (exact) mass is 710 g/mol. The summed E-state index contributed by atoms with van der Waals surface area (Å²) < 4.78 is 108. The number of piperidine rings is 1. The molecule has 1 aromatic heterocycles. The summed E-state index contributed by atoms with van der Waals surface area (Å²) in [5, 5.41) is 14.6. The molecule has 0 aliphatic carbocycles. The SMILES string of the molecule is CN(Cc1cnc(-c2cccc3c(C[C@H](NC(=O)C4(C(F)(F)F)CCN(CC(F)F)CC4)C(=O)O)cccc23)c2ccccc12)CC(F)(F)F. The van der Waals surface area contributed by atoms with E-state index in [1.165, 1.54) is 13.2 Å². The number of amides is 1. The van der Waals surface area contributed by atoms with Gasteiger partial charge in [0.1, 0.15) is 11.5 Å². The molecule has 3 aromatic carbocycles. The summed E-state index contributed by atoms with van der Waals surface area (Å²) in [4.78, 5) is 32.5. The first-order chi connectivity index (χ1) is 23.5. The number of aromatic nitrogens is 1. The molecule has 1 aliphatic heterocycles. The number of likely N-dealkylation sites (tertiary alicyclic amines) is 1. The number of benzene rings is 3. The van der Waals surface area contributed by atoms with Crippen molar-refractivity contribution < 1.29 is 49.8 Å². The molecule has 15 heteroatoms. The highest BCUT2D eigenvalue weighted by Crippen LogP contribution is 2.47. The molecule has 1 aliphatic rings. The van der Waals surface area contributed by atoms with Crippen LogP contribution in [0.25, 0.3) is 32.8 Å². The second kappa shape index (κ2) is 14.5. The minimum atomic E-state index is -5.05. The summed E-state index contributed by atoms with van der Waals surface area (Å²) in [5.41, 5.74) is -0.809. The molecular formula is C35H34F8N4O3. The lowest BCUT2D eigenvalue weighted by atomic mass is 9.76. The van der Waals surface area contributed by atoms with Gasteiger partial charge in [-0.2, -0.15) is 26.3 Å². The molecule has 0 saturated carbocycles. The van der Waals surface area contributed by atoms with Gasteiger partial charge < -0.3 is 10.4 Å². The van der Waals surface area contributed by atoms with Gasteiger partial charge in [-0.25, -0.2) is 13.6 Å². The van der Waals surface area contributed by atoms with Crippen LogP contribution in [0.1, 0.15) is 24.0 Å². The zero-order chi connectivity index (χ0) is 36.4. The first kappa shape index (κ1) is 36.9. The minimum absolute atomic E-state index is 0.0150. The van der Waals surface area contributed by atoms with Gasteiger partial charge in [0.15, 0.2) is 0 Å². The highest BCUT2D eigenvalue weighted by molar-refractivity contribution is 6.05. The number of carboxylic acid groups (broad SMARTS) is 1. The predicted octanol–water partition coefficient (Wildman–Crippen LogP) is 7.07. The maximum Gasteiger partial charge on any atom is 0.403 e. The highest BCUT2D eigenvalue weighted by Gasteiger charge is 2.61. The number of carboxylic acids is 1. The van der Waals surface area contributed by atoms with Crippen molar-refractivity contribution in [1.82, 2.24) is 20.1 Å². The predicted molar refractivity (Wildman–Crippen MR) is 171 cm³/mol. The third-order valence-electron chi connectivity index (χ3n) is 9.15. The fourth-order valence-electron chi connectivity index (χ4n) is 6.67. The lowest BCUT2D eigenvalue weighted by Gasteiger charge is -2.41. The Morgan fingerprint density at radius 2 is 1.50 bits per heavy atom. The Labute approximate surface area is 281 Å². The number of pyridine rings is 1. The lowest BCUT2D eigenvalue weighted by molar-refractivity contribution is -0.233. The molecular weight excluding hydrogens is 676 g/mol. The molecule has 1 amide bonds. The van der Waals surface area contributed by atoms with Crippen molar-refractivity contribution in [3.05, 3.63) is 78.0 Å². The van der Waals surface area contributed by atoms with Gasteiger partial charge in [0.2, 0.25) is 5.91 Å². The lowest BCUT2D eigenvalue weighted by Crippen LogP contribution is -2.59. The van der Waals surface area contributed by atoms with E-state index in [1.807, 2.05) is 0 Å². The quantitative estimate of drug-likeness (QED) is 0.162. The van der Waals surface area contributed by atoms with Gasteiger partial charge in [-0.1, -0.05) is 60.7 Å². The topological polar surface area (TPSA) is 85.8 Å². The standard InChI is InChI=1S/C35H34F8N4O3/c1-46(20-34(38,39)40)18-22-17-44-30(26-8-3-2-7-24(22)26)27-11-5-9-23-21(6-4-10-25(23)27)16-28(31(48)49)45-32(50)33(35(41,42)43)12-14-47(15-13-33)19-29(36)37/h2-11,17,28-29H,12-16,18-20H2,1H3,(H,45,50)(H,48,49)/t28-/m0/s1. The van der Waals surface area contributed by atoms with E-state index in [0.29, 0.717) is 43.9 Å². The number of aliphatic carboxylic acids is 1. The van der Waals surface area contributed by atoms with Crippen molar-refractivity contribution >= 4 is 33.4 Å². The first-order valence-corrected chi connectivity index (χ1v) is 15.7. The van der Waals surface area contributed by atoms with E-state index < -0.39 is 81.1 Å². The molecule has 1 atom stereocenters. The fourth-order valence-corrected chi connectivity index (χ4v) is 6.67. The average Bonchev–Trinajstić information content (AvgIpc) is 3.03. The van der Waals surface area contributed by atoms with Crippen LogP contribution in [0, 0.1) is 5.41 Å². The Balaban J connectivity index is 1.45. The van der Waals surface area contributed by atoms with Crippen molar-refractivity contribution in [3.8, 4) is 11.3 Å². The van der Waals surface area contributed by atoms with Crippen molar-refractivity contribution in [1.29, 1.82) is 0 Å². The summed E-state index contributed by atoms with van der Waals surface area (Å²) in [6, 6.07) is 15.5. The Morgan fingerprint density at radius 3 is 2.12 bits per heavy atom. The second-order valence-corrected chi connectivity index (χ2v) is 12.6. The molecule has 0 bridgehead atoms. The number of fused-ring (bicyclic) bond motifs is 2. The number of hydrogen-bond donors (Lipinski definition) is 2. The van der Waals surface area contributed by atoms with Crippen LogP contribution in [0.15, 0.2) is 66.9 Å². The van der Waals surface area contributed by atoms with E-state index in [-0.39, 0.29) is 13.0 Å². The fraction of sp³-hybridized carbons (Fsp3) is 0.400. The largest absolute Gasteiger partial charge is 0.480 e. The van der Waals surface area contributed by atoms with Gasteiger partial charge in [-0.05, 0) is 60.3 Å². The number of halogens is 8. The van der Waals surface area contributed by atoms with Crippen molar-refractivity contribution in [2.24, 2.45) is 5.41 Å². The molecule has 2 heterocycles. The maximum atomic E-state index is 14.4. The Hall–Kier alpha value is -4.37. The third-order valence-corrected chi connectivity index (χ3v) is 9.15. The van der Waals surface area contributed by atoms with Crippen LogP contribution in [0.3, 0.4) is 0 Å². The first-order valence-electron chi connectivity index (χ1n) is 15.7. The van der Waals surface area contributed by atoms with E-state index in [1.54, 1.807) is 60.7 Å². The van der Waals surface area contributed by atoms with E-state index in [4.69, 9.17) is 0 Å². The summed E-state index contributed by atoms with van der Waals surface area (Å²) in [5.74, 6) is -3.08. The zero-order valence-corrected chi connectivity index (χ0v) is 26.8. The average molecular weight is 711 g/mol. The van der Waals surface area contributed by atoms with Crippen LogP contribution in [-0.2, 0) is 22.6 Å². The van der Waals surface area contributed by atoms with Crippen molar-refractivity contribution in [2.75, 3.05) is 33.2 Å². The summed E-state index contributed by atoms with van der Waals surface area (Å²) >= 11 is 0. The number of nitrogens with zero attached hydrogens (tertiary/aromatic N) is 3. The number of nitrogens with one attached hydrogen (secondary N) is 1. The van der Waals surface area contributed by atoms with Gasteiger partial charge in [-0.15, -0.1) is 0 Å². The van der Waals surface area contributed by atoms with Crippen LogP contribution in [0.2, 0.25) is 0 Å². The summed E-state index contributed by atoms with van der Waals surface area (Å²) in [6.45, 7) is -2.67. The van der Waals surface area contributed by atoms with Crippen LogP contribution >= 0.6 is 0 Å². The van der Waals surface area contributed by atoms with Gasteiger partial charge >= 0.3 is 18.3 Å². The van der Waals surface area contributed by atoms with Crippen molar-refractivity contribution in [3.63, 3.8) is 0 Å². The molecule has 1 saturated heterocycles.